The zero-order chi connectivity index (χ0) is 33.1. The number of rotatable bonds is 5. The van der Waals surface area contributed by atoms with Crippen LogP contribution in [0.15, 0.2) is 108 Å². The Morgan fingerprint density at radius 1 is 0.816 bits per heavy atom. The number of ketones is 1. The maximum atomic E-state index is 12.1. The van der Waals surface area contributed by atoms with Gasteiger partial charge in [0.15, 0.2) is 6.54 Å². The van der Waals surface area contributed by atoms with E-state index in [-0.39, 0.29) is 5.92 Å². The van der Waals surface area contributed by atoms with Crippen LogP contribution in [0.4, 0.5) is 17.1 Å². The molecule has 4 aromatic carbocycles. The van der Waals surface area contributed by atoms with Gasteiger partial charge in [-0.15, -0.1) is 0 Å². The van der Waals surface area contributed by atoms with Gasteiger partial charge in [-0.1, -0.05) is 54.1 Å². The van der Waals surface area contributed by atoms with Gasteiger partial charge in [-0.3, -0.25) is 9.69 Å². The molecule has 0 bridgehead atoms. The van der Waals surface area contributed by atoms with Crippen molar-refractivity contribution in [3.8, 4) is 22.5 Å². The minimum atomic E-state index is 0.202. The molecular formula is C44H42N3O2+. The molecule has 0 N–H and O–H groups in total. The first kappa shape index (κ1) is 30.1. The second-order valence-electron chi connectivity index (χ2n) is 14.2. The van der Waals surface area contributed by atoms with Gasteiger partial charge in [0.05, 0.1) is 6.07 Å². The van der Waals surface area contributed by atoms with Gasteiger partial charge in [0.25, 0.3) is 0 Å². The van der Waals surface area contributed by atoms with E-state index in [0.29, 0.717) is 5.78 Å². The number of carbonyl (C=O) groups is 1. The molecular weight excluding hydrogens is 603 g/mol. The molecule has 49 heavy (non-hydrogen) atoms. The van der Waals surface area contributed by atoms with E-state index in [0.717, 1.165) is 91.7 Å². The Kier molecular flexibility index (Phi) is 7.46. The Balaban J connectivity index is 1.21. The van der Waals surface area contributed by atoms with Gasteiger partial charge in [-0.2, -0.15) is 4.58 Å². The Morgan fingerprint density at radius 3 is 2.53 bits per heavy atom. The Bertz CT molecular complexity index is 2290. The summed E-state index contributed by atoms with van der Waals surface area (Å²) in [4.78, 5) is 17.0. The first-order valence-corrected chi connectivity index (χ1v) is 17.9. The lowest BCUT2D eigenvalue weighted by Gasteiger charge is -2.31. The third-order valence-electron chi connectivity index (χ3n) is 11.2. The van der Waals surface area contributed by atoms with E-state index in [1.807, 2.05) is 0 Å². The van der Waals surface area contributed by atoms with Crippen LogP contribution < -0.4 is 14.8 Å². The maximum Gasteiger partial charge on any atom is 0.209 e. The monoisotopic (exact) mass is 644 g/mol. The third-order valence-corrected chi connectivity index (χ3v) is 11.2. The van der Waals surface area contributed by atoms with Gasteiger partial charge >= 0.3 is 0 Å². The number of carbonyl (C=O) groups excluding carboxylic acids is 1. The number of Topliss-reactive ketones (excluding diaryl/α,β-unsaturated/α-hetero) is 1. The smallest absolute Gasteiger partial charge is 0.209 e. The summed E-state index contributed by atoms with van der Waals surface area (Å²) in [5, 5.41) is 2.29. The second-order valence-corrected chi connectivity index (χ2v) is 14.2. The lowest BCUT2D eigenvalue weighted by atomic mass is 9.89. The Morgan fingerprint density at radius 2 is 1.65 bits per heavy atom. The van der Waals surface area contributed by atoms with Crippen molar-refractivity contribution in [1.29, 1.82) is 0 Å². The van der Waals surface area contributed by atoms with Gasteiger partial charge in [-0.25, -0.2) is 0 Å². The summed E-state index contributed by atoms with van der Waals surface area (Å²) in [5.41, 5.74) is 13.7. The first-order valence-electron chi connectivity index (χ1n) is 17.9. The summed E-state index contributed by atoms with van der Waals surface area (Å²) in [5.74, 6) is 1.43. The standard InChI is InChI=1S/C44H42N3O2/c1-29-11-16-41-33(25-29)20-24-47(41)36-13-15-39-43(27-36)49-42-26-35(46-23-19-32-7-4-6-10-40(32)46)12-14-38(42)44(39)37-9-5-3-8-34(37)28-45-21-17-31(18-22-45)30(2)48/h3-16,25-27,31H,17-24,28H2,1-2H3/q+1. The van der Waals surface area contributed by atoms with Gasteiger partial charge < -0.3 is 9.32 Å². The average Bonchev–Trinajstić information content (AvgIpc) is 3.75. The van der Waals surface area contributed by atoms with Crippen LogP contribution >= 0.6 is 0 Å². The molecule has 1 saturated heterocycles. The van der Waals surface area contributed by atoms with Crippen LogP contribution in [-0.4, -0.2) is 36.9 Å². The zero-order valence-electron chi connectivity index (χ0n) is 28.4. The SMILES string of the molecule is CC(=O)C1CCN(Cc2ccccc2-c2c3ccc(=[N+]4CCc5cc(C)ccc54)cc-3oc3cc(N4CCc5ccccc54)ccc23)CC1. The molecule has 244 valence electrons. The lowest BCUT2D eigenvalue weighted by Crippen LogP contribution is -2.35. The molecule has 1 aliphatic carbocycles. The number of hydrogen-bond acceptors (Lipinski definition) is 4. The van der Waals surface area contributed by atoms with E-state index < -0.39 is 0 Å². The molecule has 0 amide bonds. The van der Waals surface area contributed by atoms with Crippen LogP contribution in [-0.2, 0) is 24.2 Å². The summed E-state index contributed by atoms with van der Waals surface area (Å²) in [6, 6.07) is 38.0. The number of benzene rings is 5. The molecule has 0 spiro atoms. The molecule has 5 nitrogen and oxygen atoms in total. The molecule has 1 fully saturated rings. The van der Waals surface area contributed by atoms with Crippen LogP contribution in [0.25, 0.3) is 33.4 Å². The van der Waals surface area contributed by atoms with Crippen molar-refractivity contribution in [2.45, 2.75) is 46.1 Å². The van der Waals surface area contributed by atoms with Crippen LogP contribution in [0, 0.1) is 12.8 Å². The molecule has 4 heterocycles. The highest BCUT2D eigenvalue weighted by molar-refractivity contribution is 6.03. The summed E-state index contributed by atoms with van der Waals surface area (Å²) in [6.07, 6.45) is 3.98. The Labute approximate surface area is 288 Å². The number of likely N-dealkylation sites (tertiary alicyclic amines) is 1. The van der Waals surface area contributed by atoms with Crippen molar-refractivity contribution < 1.29 is 9.21 Å². The van der Waals surface area contributed by atoms with E-state index in [2.05, 4.69) is 124 Å². The normalized spacial score (nSPS) is 17.6. The number of anilines is 2. The molecule has 0 radical (unpaired) electrons. The van der Waals surface area contributed by atoms with Crippen molar-refractivity contribution in [3.05, 3.63) is 131 Å². The van der Waals surface area contributed by atoms with E-state index in [9.17, 15) is 4.79 Å². The van der Waals surface area contributed by atoms with Crippen molar-refractivity contribution in [2.75, 3.05) is 31.1 Å². The quantitative estimate of drug-likeness (QED) is 0.139. The van der Waals surface area contributed by atoms with Gasteiger partial charge in [-0.05, 0) is 93.2 Å². The van der Waals surface area contributed by atoms with E-state index in [1.54, 1.807) is 6.92 Å². The molecule has 0 unspecified atom stereocenters. The number of piperidine rings is 1. The minimum Gasteiger partial charge on any atom is -0.456 e. The molecule has 0 aromatic heterocycles. The summed E-state index contributed by atoms with van der Waals surface area (Å²) in [6.45, 7) is 8.61. The third kappa shape index (κ3) is 5.37. The molecule has 0 saturated carbocycles. The average molecular weight is 645 g/mol. The second kappa shape index (κ2) is 12.2. The minimum absolute atomic E-state index is 0.202. The fraction of sp³-hybridized carbons (Fsp3) is 0.273. The highest BCUT2D eigenvalue weighted by Gasteiger charge is 2.28. The van der Waals surface area contributed by atoms with Crippen LogP contribution in [0.2, 0.25) is 0 Å². The van der Waals surface area contributed by atoms with Crippen LogP contribution in [0.3, 0.4) is 0 Å². The molecule has 5 heteroatoms. The van der Waals surface area contributed by atoms with Crippen LogP contribution in [0.1, 0.15) is 42.0 Å². The maximum absolute atomic E-state index is 12.1. The van der Waals surface area contributed by atoms with Crippen molar-refractivity contribution in [1.82, 2.24) is 9.48 Å². The zero-order valence-corrected chi connectivity index (χ0v) is 28.4. The van der Waals surface area contributed by atoms with Crippen molar-refractivity contribution >= 4 is 33.8 Å². The largest absolute Gasteiger partial charge is 0.456 e. The van der Waals surface area contributed by atoms with E-state index in [1.165, 1.54) is 44.8 Å². The number of aryl methyl sites for hydroxylation is 1. The van der Waals surface area contributed by atoms with Gasteiger partial charge in [0.2, 0.25) is 11.0 Å². The van der Waals surface area contributed by atoms with Crippen molar-refractivity contribution in [2.24, 2.45) is 5.92 Å². The predicted molar refractivity (Wildman–Crippen MR) is 199 cm³/mol. The van der Waals surface area contributed by atoms with Crippen LogP contribution in [0.5, 0.6) is 0 Å². The summed E-state index contributed by atoms with van der Waals surface area (Å²) in [7, 11) is 0. The summed E-state index contributed by atoms with van der Waals surface area (Å²) < 4.78 is 9.37. The molecule has 4 aliphatic heterocycles. The molecule has 9 rings (SSSR count). The lowest BCUT2D eigenvalue weighted by molar-refractivity contribution is -0.122. The van der Waals surface area contributed by atoms with E-state index >= 15 is 0 Å². The number of nitrogens with zero attached hydrogens (tertiary/aromatic N) is 3. The highest BCUT2D eigenvalue weighted by atomic mass is 16.3. The molecule has 5 aliphatic rings. The summed E-state index contributed by atoms with van der Waals surface area (Å²) >= 11 is 0. The molecule has 4 aromatic rings. The van der Waals surface area contributed by atoms with Gasteiger partial charge in [0.1, 0.15) is 17.1 Å². The number of hydrogen-bond donors (Lipinski definition) is 0. The fourth-order valence-electron chi connectivity index (χ4n) is 8.54. The van der Waals surface area contributed by atoms with Gasteiger partial charge in [0, 0.05) is 77.1 Å². The number of fused-ring (bicyclic) bond motifs is 4. The fourth-order valence-corrected chi connectivity index (χ4v) is 8.54. The van der Waals surface area contributed by atoms with E-state index in [4.69, 9.17) is 4.42 Å². The number of para-hydroxylation sites is 1. The topological polar surface area (TPSA) is 39.7 Å². The molecule has 0 atom stereocenters. The Hall–Kier alpha value is -5.00. The highest BCUT2D eigenvalue weighted by Crippen LogP contribution is 2.44. The first-order chi connectivity index (χ1) is 24.0. The predicted octanol–water partition coefficient (Wildman–Crippen LogP) is 8.67. The van der Waals surface area contributed by atoms with Crippen molar-refractivity contribution in [3.63, 3.8) is 0 Å².